The van der Waals surface area contributed by atoms with Crippen molar-refractivity contribution in [2.24, 2.45) is 0 Å². The van der Waals surface area contributed by atoms with Gasteiger partial charge in [-0.2, -0.15) is 0 Å². The summed E-state index contributed by atoms with van der Waals surface area (Å²) in [6.07, 6.45) is 1.12. The molecule has 1 fully saturated rings. The third-order valence-electron chi connectivity index (χ3n) is 4.15. The first kappa shape index (κ1) is 17.8. The molecule has 1 atom stereocenters. The van der Waals surface area contributed by atoms with Gasteiger partial charge in [0.1, 0.15) is 17.7 Å². The highest BCUT2D eigenvalue weighted by atomic mass is 35.5. The van der Waals surface area contributed by atoms with Gasteiger partial charge in [0.15, 0.2) is 11.4 Å². The summed E-state index contributed by atoms with van der Waals surface area (Å²) in [4.78, 5) is 24.4. The Morgan fingerprint density at radius 3 is 2.93 bits per heavy atom. The van der Waals surface area contributed by atoms with Crippen LogP contribution in [0.1, 0.15) is 36.1 Å². The van der Waals surface area contributed by atoms with Gasteiger partial charge in [-0.3, -0.25) is 4.79 Å². The van der Waals surface area contributed by atoms with Gasteiger partial charge < -0.3 is 19.8 Å². The molecule has 7 nitrogen and oxygen atoms in total. The van der Waals surface area contributed by atoms with Crippen molar-refractivity contribution >= 4 is 34.4 Å². The molecule has 2 aromatic heterocycles. The van der Waals surface area contributed by atoms with Crippen molar-refractivity contribution in [3.8, 4) is 0 Å². The standard InChI is InChI=1S/C18H16ClFN4O3/c1-18(2)26-8-13(27-18)15-23-14-10(5-6-21-16(14)24-15)17(25)22-9-3-4-12(20)11(19)7-9/h3-7,13H,8H2,1-2H3,(H,22,25)(H,21,23,24). The van der Waals surface area contributed by atoms with E-state index >= 15 is 0 Å². The maximum absolute atomic E-state index is 13.3. The van der Waals surface area contributed by atoms with Crippen molar-refractivity contribution in [1.29, 1.82) is 0 Å². The Balaban J connectivity index is 1.63. The zero-order valence-corrected chi connectivity index (χ0v) is 15.3. The highest BCUT2D eigenvalue weighted by molar-refractivity contribution is 6.31. The molecule has 3 heterocycles. The molecule has 0 spiro atoms. The molecule has 0 saturated carbocycles. The van der Waals surface area contributed by atoms with Crippen LogP contribution >= 0.6 is 11.6 Å². The number of anilines is 1. The number of hydrogen-bond donors (Lipinski definition) is 2. The normalized spacial score (nSPS) is 18.7. The number of imidazole rings is 1. The van der Waals surface area contributed by atoms with Crippen LogP contribution in [-0.2, 0) is 9.47 Å². The summed E-state index contributed by atoms with van der Waals surface area (Å²) < 4.78 is 24.6. The smallest absolute Gasteiger partial charge is 0.257 e. The fourth-order valence-corrected chi connectivity index (χ4v) is 3.05. The van der Waals surface area contributed by atoms with Gasteiger partial charge in [-0.15, -0.1) is 0 Å². The Kier molecular flexibility index (Phi) is 4.33. The second-order valence-corrected chi connectivity index (χ2v) is 6.99. The molecule has 1 saturated heterocycles. The lowest BCUT2D eigenvalue weighted by atomic mass is 10.2. The number of ether oxygens (including phenoxy) is 2. The van der Waals surface area contributed by atoms with E-state index in [4.69, 9.17) is 21.1 Å². The van der Waals surface area contributed by atoms with Crippen LogP contribution in [0.4, 0.5) is 10.1 Å². The lowest BCUT2D eigenvalue weighted by Gasteiger charge is -2.15. The van der Waals surface area contributed by atoms with Crippen LogP contribution in [0.15, 0.2) is 30.5 Å². The lowest BCUT2D eigenvalue weighted by Crippen LogP contribution is -2.19. The van der Waals surface area contributed by atoms with Crippen LogP contribution in [0.25, 0.3) is 11.2 Å². The second kappa shape index (κ2) is 6.56. The number of hydrogen-bond acceptors (Lipinski definition) is 5. The fourth-order valence-electron chi connectivity index (χ4n) is 2.86. The number of rotatable bonds is 3. The van der Waals surface area contributed by atoms with Crippen molar-refractivity contribution in [1.82, 2.24) is 15.0 Å². The van der Waals surface area contributed by atoms with E-state index < -0.39 is 17.5 Å². The largest absolute Gasteiger partial charge is 0.347 e. The number of nitrogens with zero attached hydrogens (tertiary/aromatic N) is 2. The Morgan fingerprint density at radius 1 is 1.41 bits per heavy atom. The molecule has 27 heavy (non-hydrogen) atoms. The molecular weight excluding hydrogens is 375 g/mol. The van der Waals surface area contributed by atoms with Gasteiger partial charge in [-0.1, -0.05) is 11.6 Å². The van der Waals surface area contributed by atoms with Crippen molar-refractivity contribution in [2.75, 3.05) is 11.9 Å². The number of pyridine rings is 1. The Labute approximate surface area is 158 Å². The van der Waals surface area contributed by atoms with Crippen LogP contribution in [0.5, 0.6) is 0 Å². The fraction of sp³-hybridized carbons (Fsp3) is 0.278. The Morgan fingerprint density at radius 2 is 2.22 bits per heavy atom. The number of H-pyrrole nitrogens is 1. The third-order valence-corrected chi connectivity index (χ3v) is 4.44. The van der Waals surface area contributed by atoms with Crippen molar-refractivity contribution in [2.45, 2.75) is 25.7 Å². The van der Waals surface area contributed by atoms with E-state index in [0.717, 1.165) is 0 Å². The lowest BCUT2D eigenvalue weighted by molar-refractivity contribution is -0.139. The molecule has 0 aliphatic carbocycles. The molecule has 9 heteroatoms. The first-order valence-electron chi connectivity index (χ1n) is 8.25. The van der Waals surface area contributed by atoms with Crippen LogP contribution in [0.3, 0.4) is 0 Å². The van der Waals surface area contributed by atoms with Crippen molar-refractivity contribution in [3.63, 3.8) is 0 Å². The number of aromatic nitrogens is 3. The topological polar surface area (TPSA) is 89.1 Å². The molecule has 2 N–H and O–H groups in total. The first-order chi connectivity index (χ1) is 12.8. The van der Waals surface area contributed by atoms with Gasteiger partial charge in [0.2, 0.25) is 0 Å². The predicted octanol–water partition coefficient (Wildman–Crippen LogP) is 3.83. The molecule has 1 aromatic carbocycles. The van der Waals surface area contributed by atoms with E-state index in [2.05, 4.69) is 20.3 Å². The summed E-state index contributed by atoms with van der Waals surface area (Å²) in [5.74, 6) is -1.11. The van der Waals surface area contributed by atoms with Crippen LogP contribution in [0, 0.1) is 5.82 Å². The number of carbonyl (C=O) groups excluding carboxylic acids is 1. The van der Waals surface area contributed by atoms with Crippen molar-refractivity contribution in [3.05, 3.63) is 52.7 Å². The number of fused-ring (bicyclic) bond motifs is 1. The van der Waals surface area contributed by atoms with Gasteiger partial charge in [-0.05, 0) is 38.1 Å². The number of carbonyl (C=O) groups is 1. The van der Waals surface area contributed by atoms with E-state index in [1.165, 1.54) is 24.4 Å². The van der Waals surface area contributed by atoms with Gasteiger partial charge in [-0.25, -0.2) is 14.4 Å². The molecule has 3 aromatic rings. The molecule has 140 valence electrons. The summed E-state index contributed by atoms with van der Waals surface area (Å²) in [6, 6.07) is 5.54. The summed E-state index contributed by atoms with van der Waals surface area (Å²) in [5.41, 5.74) is 1.59. The second-order valence-electron chi connectivity index (χ2n) is 6.58. The van der Waals surface area contributed by atoms with E-state index in [-0.39, 0.29) is 11.1 Å². The summed E-state index contributed by atoms with van der Waals surface area (Å²) in [7, 11) is 0. The van der Waals surface area contributed by atoms with E-state index in [0.29, 0.717) is 34.8 Å². The minimum atomic E-state index is -0.695. The quantitative estimate of drug-likeness (QED) is 0.709. The average Bonchev–Trinajstić information content (AvgIpc) is 3.20. The van der Waals surface area contributed by atoms with Gasteiger partial charge in [0, 0.05) is 11.9 Å². The first-order valence-corrected chi connectivity index (χ1v) is 8.63. The van der Waals surface area contributed by atoms with Crippen molar-refractivity contribution < 1.29 is 18.7 Å². The molecule has 0 bridgehead atoms. The number of nitrogens with one attached hydrogen (secondary N) is 2. The Hall–Kier alpha value is -2.55. The molecule has 4 rings (SSSR count). The highest BCUT2D eigenvalue weighted by Gasteiger charge is 2.35. The number of halogens is 2. The third kappa shape index (κ3) is 3.51. The molecular formula is C18H16ClFN4O3. The van der Waals surface area contributed by atoms with Crippen LogP contribution < -0.4 is 5.32 Å². The predicted molar refractivity (Wildman–Crippen MR) is 97.1 cm³/mol. The SMILES string of the molecule is CC1(C)OCC(c2nc3nccc(C(=O)Nc4ccc(F)c(Cl)c4)c3[nH]2)O1. The summed E-state index contributed by atoms with van der Waals surface area (Å²) in [5, 5.41) is 2.62. The number of amides is 1. The zero-order valence-electron chi connectivity index (χ0n) is 14.5. The monoisotopic (exact) mass is 390 g/mol. The molecule has 1 aliphatic heterocycles. The molecule has 0 radical (unpaired) electrons. The van der Waals surface area contributed by atoms with E-state index in [9.17, 15) is 9.18 Å². The maximum atomic E-state index is 13.3. The van der Waals surface area contributed by atoms with Gasteiger partial charge in [0.25, 0.3) is 5.91 Å². The molecule has 1 amide bonds. The molecule has 1 unspecified atom stereocenters. The minimum Gasteiger partial charge on any atom is -0.347 e. The van der Waals surface area contributed by atoms with E-state index in [1.54, 1.807) is 6.07 Å². The number of aromatic amines is 1. The van der Waals surface area contributed by atoms with E-state index in [1.807, 2.05) is 13.8 Å². The van der Waals surface area contributed by atoms with Gasteiger partial charge in [0.05, 0.1) is 22.7 Å². The van der Waals surface area contributed by atoms with Crippen LogP contribution in [0.2, 0.25) is 5.02 Å². The molecule has 1 aliphatic rings. The van der Waals surface area contributed by atoms with Gasteiger partial charge >= 0.3 is 0 Å². The number of benzene rings is 1. The summed E-state index contributed by atoms with van der Waals surface area (Å²) in [6.45, 7) is 3.99. The Bertz CT molecular complexity index is 1040. The summed E-state index contributed by atoms with van der Waals surface area (Å²) >= 11 is 5.76. The zero-order chi connectivity index (χ0) is 19.2. The maximum Gasteiger partial charge on any atom is 0.257 e. The minimum absolute atomic E-state index is 0.0718. The average molecular weight is 391 g/mol. The highest BCUT2D eigenvalue weighted by Crippen LogP contribution is 2.32. The van der Waals surface area contributed by atoms with Crippen LogP contribution in [-0.4, -0.2) is 33.3 Å².